The van der Waals surface area contributed by atoms with Crippen molar-refractivity contribution in [3.05, 3.63) is 60.2 Å². The van der Waals surface area contributed by atoms with E-state index < -0.39 is 0 Å². The van der Waals surface area contributed by atoms with Crippen molar-refractivity contribution >= 4 is 6.29 Å². The van der Waals surface area contributed by atoms with Gasteiger partial charge in [0.2, 0.25) is 0 Å². The Balaban J connectivity index is 2.55. The lowest BCUT2D eigenvalue weighted by Crippen LogP contribution is -1.87. The second kappa shape index (κ2) is 5.40. The average Bonchev–Trinajstić information content (AvgIpc) is 2.42. The Bertz CT molecular complexity index is 630. The Hall–Kier alpha value is -2.55. The highest BCUT2D eigenvalue weighted by Gasteiger charge is 2.08. The summed E-state index contributed by atoms with van der Waals surface area (Å²) in [5.74, 6) is 0.288. The van der Waals surface area contributed by atoms with Crippen LogP contribution in [0.4, 0.5) is 0 Å². The number of aldehydes is 1. The molecule has 0 bridgehead atoms. The van der Waals surface area contributed by atoms with Crippen LogP contribution in [0.2, 0.25) is 0 Å². The molecule has 0 fully saturated rings. The molecule has 19 heavy (non-hydrogen) atoms. The highest BCUT2D eigenvalue weighted by Crippen LogP contribution is 2.32. The van der Waals surface area contributed by atoms with Crippen LogP contribution in [0.5, 0.6) is 11.5 Å². The second-order valence-corrected chi connectivity index (χ2v) is 4.23. The Kier molecular flexibility index (Phi) is 3.66. The fourth-order valence-corrected chi connectivity index (χ4v) is 1.93. The van der Waals surface area contributed by atoms with Gasteiger partial charge in [-0.05, 0) is 47.9 Å². The van der Waals surface area contributed by atoms with Gasteiger partial charge in [-0.25, -0.2) is 0 Å². The summed E-state index contributed by atoms with van der Waals surface area (Å²) in [6.45, 7) is 3.64. The van der Waals surface area contributed by atoms with Crippen LogP contribution in [0.25, 0.3) is 11.1 Å². The lowest BCUT2D eigenvalue weighted by Gasteiger charge is -2.09. The van der Waals surface area contributed by atoms with Crippen LogP contribution in [0, 0.1) is 0 Å². The van der Waals surface area contributed by atoms with E-state index in [-0.39, 0.29) is 11.5 Å². The molecule has 0 radical (unpaired) electrons. The first-order valence-electron chi connectivity index (χ1n) is 5.87. The summed E-state index contributed by atoms with van der Waals surface area (Å²) in [6, 6.07) is 9.70. The molecular formula is C16H14O3. The number of allylic oxidation sites excluding steroid dienone is 1. The Morgan fingerprint density at radius 2 is 1.79 bits per heavy atom. The molecule has 2 rings (SSSR count). The fraction of sp³-hybridized carbons (Fsp3) is 0.0625. The van der Waals surface area contributed by atoms with Crippen molar-refractivity contribution in [2.75, 3.05) is 0 Å². The normalized spacial score (nSPS) is 10.1. The van der Waals surface area contributed by atoms with E-state index >= 15 is 0 Å². The van der Waals surface area contributed by atoms with Crippen LogP contribution in [0.3, 0.4) is 0 Å². The molecule has 2 aromatic rings. The number of phenolic OH excluding ortho intramolecular Hbond substituents is 2. The van der Waals surface area contributed by atoms with Gasteiger partial charge in [-0.1, -0.05) is 12.1 Å². The van der Waals surface area contributed by atoms with Gasteiger partial charge in [-0.3, -0.25) is 4.79 Å². The van der Waals surface area contributed by atoms with Crippen molar-refractivity contribution < 1.29 is 15.0 Å². The molecule has 0 saturated carbocycles. The zero-order valence-corrected chi connectivity index (χ0v) is 10.3. The quantitative estimate of drug-likeness (QED) is 0.650. The number of carbonyl (C=O) groups is 1. The Morgan fingerprint density at radius 3 is 2.47 bits per heavy atom. The van der Waals surface area contributed by atoms with Crippen LogP contribution >= 0.6 is 0 Å². The summed E-state index contributed by atoms with van der Waals surface area (Å²) in [5.41, 5.74) is 2.53. The molecule has 0 aliphatic rings. The number of rotatable bonds is 4. The van der Waals surface area contributed by atoms with E-state index in [1.807, 2.05) is 0 Å². The van der Waals surface area contributed by atoms with Gasteiger partial charge in [-0.2, -0.15) is 0 Å². The van der Waals surface area contributed by atoms with Gasteiger partial charge in [0, 0.05) is 11.1 Å². The van der Waals surface area contributed by atoms with Crippen molar-refractivity contribution in [3.8, 4) is 22.6 Å². The maximum Gasteiger partial charge on any atom is 0.150 e. The van der Waals surface area contributed by atoms with Crippen LogP contribution < -0.4 is 0 Å². The summed E-state index contributed by atoms with van der Waals surface area (Å²) in [5, 5.41) is 19.6. The third-order valence-corrected chi connectivity index (χ3v) is 2.91. The maximum absolute atomic E-state index is 10.8. The van der Waals surface area contributed by atoms with Crippen molar-refractivity contribution in [1.29, 1.82) is 0 Å². The molecule has 0 aromatic heterocycles. The Labute approximate surface area is 111 Å². The first-order chi connectivity index (χ1) is 9.15. The van der Waals surface area contributed by atoms with Gasteiger partial charge in [0.25, 0.3) is 0 Å². The number of hydrogen-bond donors (Lipinski definition) is 2. The van der Waals surface area contributed by atoms with Crippen molar-refractivity contribution in [1.82, 2.24) is 0 Å². The molecule has 2 N–H and O–H groups in total. The predicted molar refractivity (Wildman–Crippen MR) is 74.5 cm³/mol. The van der Waals surface area contributed by atoms with E-state index in [9.17, 15) is 15.0 Å². The topological polar surface area (TPSA) is 57.5 Å². The third kappa shape index (κ3) is 2.65. The molecule has 3 heteroatoms. The highest BCUT2D eigenvalue weighted by atomic mass is 16.3. The molecule has 96 valence electrons. The number of aromatic hydroxyl groups is 2. The lowest BCUT2D eigenvalue weighted by molar-refractivity contribution is 0.112. The molecule has 0 heterocycles. The average molecular weight is 254 g/mol. The molecule has 0 atom stereocenters. The van der Waals surface area contributed by atoms with E-state index in [1.54, 1.807) is 36.4 Å². The van der Waals surface area contributed by atoms with Gasteiger partial charge in [0.15, 0.2) is 0 Å². The Morgan fingerprint density at radius 1 is 1.05 bits per heavy atom. The summed E-state index contributed by atoms with van der Waals surface area (Å²) >= 11 is 0. The highest BCUT2D eigenvalue weighted by molar-refractivity contribution is 5.81. The third-order valence-electron chi connectivity index (χ3n) is 2.91. The second-order valence-electron chi connectivity index (χ2n) is 4.23. The summed E-state index contributed by atoms with van der Waals surface area (Å²) in [6.07, 6.45) is 2.96. The van der Waals surface area contributed by atoms with E-state index in [1.165, 1.54) is 6.07 Å². The lowest BCUT2D eigenvalue weighted by atomic mass is 9.99. The minimum absolute atomic E-state index is 0.0980. The van der Waals surface area contributed by atoms with Crippen LogP contribution in [-0.2, 0) is 6.42 Å². The molecule has 0 saturated heterocycles. The minimum atomic E-state index is 0.0980. The molecule has 3 nitrogen and oxygen atoms in total. The maximum atomic E-state index is 10.8. The minimum Gasteiger partial charge on any atom is -0.508 e. The smallest absolute Gasteiger partial charge is 0.150 e. The number of benzene rings is 2. The monoisotopic (exact) mass is 254 g/mol. The molecule has 0 spiro atoms. The van der Waals surface area contributed by atoms with Gasteiger partial charge >= 0.3 is 0 Å². The first-order valence-corrected chi connectivity index (χ1v) is 5.87. The standard InChI is InChI=1S/C16H14O3/c1-2-3-13-9-12(5-7-15(13)18)14-8-11(10-17)4-6-16(14)19/h2,4-10,18-19H,1,3H2. The van der Waals surface area contributed by atoms with Crippen molar-refractivity contribution in [3.63, 3.8) is 0 Å². The number of carbonyl (C=O) groups excluding carboxylic acids is 1. The molecule has 0 unspecified atom stereocenters. The fourth-order valence-electron chi connectivity index (χ4n) is 1.93. The molecule has 0 amide bonds. The van der Waals surface area contributed by atoms with Crippen LogP contribution in [-0.4, -0.2) is 16.5 Å². The summed E-state index contributed by atoms with van der Waals surface area (Å²) < 4.78 is 0. The van der Waals surface area contributed by atoms with E-state index in [0.717, 1.165) is 17.4 Å². The molecule has 2 aromatic carbocycles. The van der Waals surface area contributed by atoms with Gasteiger partial charge in [-0.15, -0.1) is 6.58 Å². The number of phenols is 2. The zero-order valence-electron chi connectivity index (χ0n) is 10.3. The van der Waals surface area contributed by atoms with Gasteiger partial charge in [0.05, 0.1) is 0 Å². The zero-order chi connectivity index (χ0) is 13.8. The number of hydrogen-bond acceptors (Lipinski definition) is 3. The van der Waals surface area contributed by atoms with Crippen molar-refractivity contribution in [2.45, 2.75) is 6.42 Å². The van der Waals surface area contributed by atoms with Crippen molar-refractivity contribution in [2.24, 2.45) is 0 Å². The first kappa shape index (κ1) is 12.9. The molecular weight excluding hydrogens is 240 g/mol. The molecule has 0 aliphatic heterocycles. The van der Waals surface area contributed by atoms with Crippen LogP contribution in [0.1, 0.15) is 15.9 Å². The summed E-state index contributed by atoms with van der Waals surface area (Å²) in [4.78, 5) is 10.8. The van der Waals surface area contributed by atoms with E-state index in [0.29, 0.717) is 17.5 Å². The van der Waals surface area contributed by atoms with E-state index in [4.69, 9.17) is 0 Å². The SMILES string of the molecule is C=CCc1cc(-c2cc(C=O)ccc2O)ccc1O. The van der Waals surface area contributed by atoms with Gasteiger partial charge < -0.3 is 10.2 Å². The van der Waals surface area contributed by atoms with Crippen LogP contribution in [0.15, 0.2) is 49.1 Å². The predicted octanol–water partition coefficient (Wildman–Crippen LogP) is 3.31. The summed E-state index contributed by atoms with van der Waals surface area (Å²) in [7, 11) is 0. The largest absolute Gasteiger partial charge is 0.508 e. The van der Waals surface area contributed by atoms with E-state index in [2.05, 4.69) is 6.58 Å². The van der Waals surface area contributed by atoms with Gasteiger partial charge in [0.1, 0.15) is 17.8 Å². The molecule has 0 aliphatic carbocycles.